The van der Waals surface area contributed by atoms with Crippen molar-refractivity contribution in [3.05, 3.63) is 22.7 Å². The average molecular weight is 198 g/mol. The summed E-state index contributed by atoms with van der Waals surface area (Å²) >= 11 is 5.84. The minimum Gasteiger partial charge on any atom is -0.493 e. The first kappa shape index (κ1) is 9.69. The number of halogens is 1. The summed E-state index contributed by atoms with van der Waals surface area (Å²) in [6.45, 7) is 0. The van der Waals surface area contributed by atoms with Gasteiger partial charge in [0.2, 0.25) is 0 Å². The predicted molar refractivity (Wildman–Crippen MR) is 49.3 cm³/mol. The van der Waals surface area contributed by atoms with Gasteiger partial charge in [-0.05, 0) is 6.07 Å². The third-order valence-corrected chi connectivity index (χ3v) is 1.84. The first-order chi connectivity index (χ1) is 6.22. The highest BCUT2D eigenvalue weighted by atomic mass is 35.5. The molecule has 13 heavy (non-hydrogen) atoms. The largest absolute Gasteiger partial charge is 0.493 e. The molecule has 0 aromatic heterocycles. The van der Waals surface area contributed by atoms with Crippen molar-refractivity contribution in [1.29, 1.82) is 5.26 Å². The fraction of sp³-hybridized carbons (Fsp3) is 0.222. The van der Waals surface area contributed by atoms with Gasteiger partial charge in [0.05, 0.1) is 30.9 Å². The van der Waals surface area contributed by atoms with Gasteiger partial charge in [-0.3, -0.25) is 0 Å². The molecule has 0 saturated heterocycles. The molecule has 0 unspecified atom stereocenters. The molecule has 68 valence electrons. The number of methoxy groups -OCH3 is 2. The van der Waals surface area contributed by atoms with Gasteiger partial charge in [-0.25, -0.2) is 0 Å². The highest BCUT2D eigenvalue weighted by Gasteiger charge is 2.09. The van der Waals surface area contributed by atoms with Gasteiger partial charge in [0, 0.05) is 6.07 Å². The van der Waals surface area contributed by atoms with Gasteiger partial charge >= 0.3 is 0 Å². The lowest BCUT2D eigenvalue weighted by Gasteiger charge is -2.08. The van der Waals surface area contributed by atoms with Crippen LogP contribution in [0.5, 0.6) is 11.5 Å². The fourth-order valence-corrected chi connectivity index (χ4v) is 1.27. The van der Waals surface area contributed by atoms with Gasteiger partial charge in [0.25, 0.3) is 0 Å². The minimum absolute atomic E-state index is 0.374. The topological polar surface area (TPSA) is 42.2 Å². The predicted octanol–water partition coefficient (Wildman–Crippen LogP) is 2.23. The summed E-state index contributed by atoms with van der Waals surface area (Å²) in [7, 11) is 2.99. The molecule has 1 aromatic carbocycles. The highest BCUT2D eigenvalue weighted by Crippen LogP contribution is 2.35. The smallest absolute Gasteiger partial charge is 0.179 e. The number of benzene rings is 1. The quantitative estimate of drug-likeness (QED) is 0.730. The van der Waals surface area contributed by atoms with E-state index in [2.05, 4.69) is 0 Å². The molecule has 1 rings (SSSR count). The summed E-state index contributed by atoms with van der Waals surface area (Å²) in [5, 5.41) is 9.01. The van der Waals surface area contributed by atoms with Gasteiger partial charge in [0.15, 0.2) is 11.5 Å². The van der Waals surface area contributed by atoms with E-state index in [1.807, 2.05) is 6.07 Å². The molecule has 0 heterocycles. The summed E-state index contributed by atoms with van der Waals surface area (Å²) in [5.74, 6) is 0.912. The Hall–Kier alpha value is -1.40. The Morgan fingerprint density at radius 3 is 2.46 bits per heavy atom. The van der Waals surface area contributed by atoms with Crippen LogP contribution in [0.15, 0.2) is 12.1 Å². The third kappa shape index (κ3) is 1.85. The lowest BCUT2D eigenvalue weighted by molar-refractivity contribution is 0.355. The van der Waals surface area contributed by atoms with Crippen LogP contribution in [0.3, 0.4) is 0 Å². The Labute approximate surface area is 81.4 Å². The van der Waals surface area contributed by atoms with Crippen molar-refractivity contribution in [2.75, 3.05) is 14.2 Å². The average Bonchev–Trinajstić information content (AvgIpc) is 2.16. The molecule has 0 spiro atoms. The zero-order valence-corrected chi connectivity index (χ0v) is 8.05. The zero-order chi connectivity index (χ0) is 9.84. The Balaban J connectivity index is 3.31. The van der Waals surface area contributed by atoms with Crippen LogP contribution in [-0.2, 0) is 0 Å². The number of hydrogen-bond acceptors (Lipinski definition) is 3. The van der Waals surface area contributed by atoms with Crippen molar-refractivity contribution >= 4 is 11.6 Å². The number of nitrogens with zero attached hydrogens (tertiary/aromatic N) is 1. The van der Waals surface area contributed by atoms with Crippen LogP contribution in [0.2, 0.25) is 5.02 Å². The highest BCUT2D eigenvalue weighted by molar-refractivity contribution is 6.32. The normalized spacial score (nSPS) is 9.08. The van der Waals surface area contributed by atoms with Crippen molar-refractivity contribution in [3.63, 3.8) is 0 Å². The third-order valence-electron chi connectivity index (χ3n) is 1.56. The SMILES string of the molecule is COc1cc(C#N)cc(Cl)c1OC. The molecule has 0 bridgehead atoms. The molecule has 0 aliphatic carbocycles. The van der Waals surface area contributed by atoms with E-state index >= 15 is 0 Å². The van der Waals surface area contributed by atoms with Crippen molar-refractivity contribution in [2.45, 2.75) is 0 Å². The van der Waals surface area contributed by atoms with Crippen LogP contribution < -0.4 is 9.47 Å². The maximum atomic E-state index is 8.64. The second-order valence-corrected chi connectivity index (χ2v) is 2.71. The first-order valence-corrected chi connectivity index (χ1v) is 3.92. The summed E-state index contributed by atoms with van der Waals surface area (Å²) < 4.78 is 10.00. The van der Waals surface area contributed by atoms with Gasteiger partial charge in [-0.2, -0.15) is 5.26 Å². The first-order valence-electron chi connectivity index (χ1n) is 3.54. The summed E-state index contributed by atoms with van der Waals surface area (Å²) in [4.78, 5) is 0. The van der Waals surface area contributed by atoms with Crippen molar-refractivity contribution in [3.8, 4) is 17.6 Å². The molecule has 0 amide bonds. The molecule has 1 aromatic rings. The molecule has 0 radical (unpaired) electrons. The van der Waals surface area contributed by atoms with Gasteiger partial charge < -0.3 is 9.47 Å². The lowest BCUT2D eigenvalue weighted by atomic mass is 10.2. The van der Waals surface area contributed by atoms with Gasteiger partial charge in [0.1, 0.15) is 0 Å². The van der Waals surface area contributed by atoms with E-state index in [0.29, 0.717) is 22.1 Å². The van der Waals surface area contributed by atoms with E-state index < -0.39 is 0 Å². The second-order valence-electron chi connectivity index (χ2n) is 2.31. The number of nitriles is 1. The molecule has 0 aliphatic rings. The number of ether oxygens (including phenoxy) is 2. The van der Waals surface area contributed by atoms with E-state index in [-0.39, 0.29) is 0 Å². The summed E-state index contributed by atoms with van der Waals surface area (Å²) in [5.41, 5.74) is 0.447. The Bertz CT molecular complexity index is 357. The van der Waals surface area contributed by atoms with E-state index in [0.717, 1.165) is 0 Å². The van der Waals surface area contributed by atoms with E-state index in [1.165, 1.54) is 20.3 Å². The van der Waals surface area contributed by atoms with E-state index in [1.54, 1.807) is 6.07 Å². The van der Waals surface area contributed by atoms with Crippen LogP contribution in [0.25, 0.3) is 0 Å². The molecule has 4 heteroatoms. The van der Waals surface area contributed by atoms with Crippen LogP contribution in [0.1, 0.15) is 5.56 Å². The fourth-order valence-electron chi connectivity index (χ4n) is 0.982. The minimum atomic E-state index is 0.374. The van der Waals surface area contributed by atoms with Crippen molar-refractivity contribution in [1.82, 2.24) is 0 Å². The van der Waals surface area contributed by atoms with Crippen molar-refractivity contribution in [2.24, 2.45) is 0 Å². The van der Waals surface area contributed by atoms with Gasteiger partial charge in [-0.1, -0.05) is 11.6 Å². The second kappa shape index (κ2) is 4.01. The number of hydrogen-bond donors (Lipinski definition) is 0. The molecule has 3 nitrogen and oxygen atoms in total. The lowest BCUT2D eigenvalue weighted by Crippen LogP contribution is -1.92. The van der Waals surface area contributed by atoms with Crippen LogP contribution in [0.4, 0.5) is 0 Å². The summed E-state index contributed by atoms with van der Waals surface area (Å²) in [6, 6.07) is 5.08. The molecule has 0 aliphatic heterocycles. The molecule has 0 atom stereocenters. The Morgan fingerprint density at radius 2 is 2.00 bits per heavy atom. The maximum Gasteiger partial charge on any atom is 0.179 e. The Kier molecular flexibility index (Phi) is 2.99. The van der Waals surface area contributed by atoms with Crippen LogP contribution in [0, 0.1) is 11.3 Å². The molecule has 0 N–H and O–H groups in total. The molecule has 0 saturated carbocycles. The monoisotopic (exact) mass is 197 g/mol. The maximum absolute atomic E-state index is 8.64. The Morgan fingerprint density at radius 1 is 1.31 bits per heavy atom. The van der Waals surface area contributed by atoms with Crippen molar-refractivity contribution < 1.29 is 9.47 Å². The van der Waals surface area contributed by atoms with Crippen LogP contribution in [-0.4, -0.2) is 14.2 Å². The molecular weight excluding hydrogens is 190 g/mol. The summed E-state index contributed by atoms with van der Waals surface area (Å²) in [6.07, 6.45) is 0. The van der Waals surface area contributed by atoms with E-state index in [4.69, 9.17) is 26.3 Å². The molecule has 0 fully saturated rings. The number of rotatable bonds is 2. The van der Waals surface area contributed by atoms with Gasteiger partial charge in [-0.15, -0.1) is 0 Å². The molecular formula is C9H8ClNO2. The zero-order valence-electron chi connectivity index (χ0n) is 7.30. The van der Waals surface area contributed by atoms with E-state index in [9.17, 15) is 0 Å². The standard InChI is InChI=1S/C9H8ClNO2/c1-12-8-4-6(5-11)3-7(10)9(8)13-2/h3-4H,1-2H3. The van der Waals surface area contributed by atoms with Crippen LogP contribution >= 0.6 is 11.6 Å².